The highest BCUT2D eigenvalue weighted by atomic mass is 19.1. The minimum Gasteiger partial charge on any atom is -0.478 e. The van der Waals surface area contributed by atoms with Crippen LogP contribution in [0.25, 0.3) is 0 Å². The third-order valence-corrected chi connectivity index (χ3v) is 4.88. The summed E-state index contributed by atoms with van der Waals surface area (Å²) >= 11 is 0. The maximum atomic E-state index is 13.9. The van der Waals surface area contributed by atoms with Gasteiger partial charge >= 0.3 is 0 Å². The summed E-state index contributed by atoms with van der Waals surface area (Å²) in [6.07, 6.45) is 0.582. The van der Waals surface area contributed by atoms with Gasteiger partial charge in [0.25, 0.3) is 11.8 Å². The number of nitrogens with zero attached hydrogens (tertiary/aromatic N) is 2. The molecule has 0 N–H and O–H groups in total. The molecule has 0 atom stereocenters. The zero-order valence-corrected chi connectivity index (χ0v) is 16.5. The van der Waals surface area contributed by atoms with Crippen LogP contribution in [0.5, 0.6) is 5.75 Å². The first-order valence-electron chi connectivity index (χ1n) is 9.56. The molecular weight excluding hydrogens is 378 g/mol. The molecule has 2 aromatic carbocycles. The SMILES string of the molecule is CC(C)(Oc1ccc(F)cc1)C(=O)N1CCCN(C(=O)c2ccccc2F)CC1. The summed E-state index contributed by atoms with van der Waals surface area (Å²) in [5.41, 5.74) is -1.12. The van der Waals surface area contributed by atoms with Gasteiger partial charge in [0.2, 0.25) is 0 Å². The summed E-state index contributed by atoms with van der Waals surface area (Å²) < 4.78 is 32.8. The van der Waals surface area contributed by atoms with Gasteiger partial charge in [0, 0.05) is 26.2 Å². The van der Waals surface area contributed by atoms with Crippen LogP contribution >= 0.6 is 0 Å². The molecule has 0 aliphatic carbocycles. The fourth-order valence-electron chi connectivity index (χ4n) is 3.35. The average Bonchev–Trinajstić information content (AvgIpc) is 2.95. The van der Waals surface area contributed by atoms with Gasteiger partial charge in [-0.3, -0.25) is 9.59 Å². The van der Waals surface area contributed by atoms with Gasteiger partial charge in [0.1, 0.15) is 17.4 Å². The molecule has 154 valence electrons. The van der Waals surface area contributed by atoms with Gasteiger partial charge in [-0.2, -0.15) is 0 Å². The van der Waals surface area contributed by atoms with Crippen molar-refractivity contribution < 1.29 is 23.1 Å². The van der Waals surface area contributed by atoms with Crippen LogP contribution in [-0.2, 0) is 4.79 Å². The molecule has 7 heteroatoms. The van der Waals surface area contributed by atoms with Crippen LogP contribution in [0.1, 0.15) is 30.6 Å². The van der Waals surface area contributed by atoms with E-state index in [9.17, 15) is 18.4 Å². The Labute approximate surface area is 168 Å². The second-order valence-electron chi connectivity index (χ2n) is 7.48. The van der Waals surface area contributed by atoms with Crippen molar-refractivity contribution in [3.63, 3.8) is 0 Å². The summed E-state index contributed by atoms with van der Waals surface area (Å²) in [6.45, 7) is 4.87. The van der Waals surface area contributed by atoms with Crippen molar-refractivity contribution in [3.8, 4) is 5.75 Å². The van der Waals surface area contributed by atoms with Crippen molar-refractivity contribution in [1.29, 1.82) is 0 Å². The molecule has 0 radical (unpaired) electrons. The van der Waals surface area contributed by atoms with E-state index in [1.807, 2.05) is 0 Å². The number of carbonyl (C=O) groups excluding carboxylic acids is 2. The Hall–Kier alpha value is -2.96. The number of carbonyl (C=O) groups is 2. The normalized spacial score (nSPS) is 15.0. The molecule has 3 rings (SSSR count). The predicted octanol–water partition coefficient (Wildman–Crippen LogP) is 3.50. The summed E-state index contributed by atoms with van der Waals surface area (Å²) in [5, 5.41) is 0. The molecule has 2 aromatic rings. The van der Waals surface area contributed by atoms with E-state index in [0.717, 1.165) is 0 Å². The highest BCUT2D eigenvalue weighted by Gasteiger charge is 2.35. The van der Waals surface area contributed by atoms with E-state index in [1.165, 1.54) is 42.5 Å². The van der Waals surface area contributed by atoms with E-state index >= 15 is 0 Å². The number of ether oxygens (including phenoxy) is 1. The molecule has 1 aliphatic rings. The lowest BCUT2D eigenvalue weighted by Gasteiger charge is -2.31. The van der Waals surface area contributed by atoms with Crippen LogP contribution in [0.4, 0.5) is 8.78 Å². The van der Waals surface area contributed by atoms with Gasteiger partial charge in [-0.1, -0.05) is 12.1 Å². The Morgan fingerprint density at radius 1 is 0.897 bits per heavy atom. The van der Waals surface area contributed by atoms with E-state index in [1.54, 1.807) is 29.7 Å². The first-order chi connectivity index (χ1) is 13.8. The van der Waals surface area contributed by atoms with E-state index in [2.05, 4.69) is 0 Å². The quantitative estimate of drug-likeness (QED) is 0.787. The zero-order chi connectivity index (χ0) is 21.0. The van der Waals surface area contributed by atoms with Gasteiger partial charge in [-0.25, -0.2) is 8.78 Å². The molecule has 0 unspecified atom stereocenters. The highest BCUT2D eigenvalue weighted by molar-refractivity contribution is 5.94. The van der Waals surface area contributed by atoms with E-state index in [4.69, 9.17) is 4.74 Å². The fourth-order valence-corrected chi connectivity index (χ4v) is 3.35. The van der Waals surface area contributed by atoms with Gasteiger partial charge in [0.05, 0.1) is 5.56 Å². The first kappa shape index (κ1) is 20.8. The lowest BCUT2D eigenvalue weighted by atomic mass is 10.1. The maximum Gasteiger partial charge on any atom is 0.266 e. The zero-order valence-electron chi connectivity index (χ0n) is 16.5. The third-order valence-electron chi connectivity index (χ3n) is 4.88. The Morgan fingerprint density at radius 3 is 2.21 bits per heavy atom. The number of rotatable bonds is 4. The van der Waals surface area contributed by atoms with Crippen molar-refractivity contribution in [2.24, 2.45) is 0 Å². The standard InChI is InChI=1S/C22H24F2N2O3/c1-22(2,29-17-10-8-16(23)9-11-17)21(28)26-13-5-12-25(14-15-26)20(27)18-6-3-4-7-19(18)24/h3-4,6-11H,5,12-15H2,1-2H3. The Balaban J connectivity index is 1.65. The number of hydrogen-bond acceptors (Lipinski definition) is 3. The molecule has 1 fully saturated rings. The summed E-state index contributed by atoms with van der Waals surface area (Å²) in [5.74, 6) is -1.13. The third kappa shape index (κ3) is 4.91. The molecule has 2 amide bonds. The summed E-state index contributed by atoms with van der Waals surface area (Å²) in [7, 11) is 0. The van der Waals surface area contributed by atoms with E-state index < -0.39 is 11.4 Å². The molecule has 29 heavy (non-hydrogen) atoms. The van der Waals surface area contributed by atoms with Crippen molar-refractivity contribution >= 4 is 11.8 Å². The molecule has 1 saturated heterocycles. The molecule has 0 spiro atoms. The van der Waals surface area contributed by atoms with Crippen molar-refractivity contribution in [3.05, 3.63) is 65.7 Å². The minimum absolute atomic E-state index is 0.0345. The highest BCUT2D eigenvalue weighted by Crippen LogP contribution is 2.22. The van der Waals surface area contributed by atoms with Crippen molar-refractivity contribution in [1.82, 2.24) is 9.80 Å². The smallest absolute Gasteiger partial charge is 0.266 e. The monoisotopic (exact) mass is 402 g/mol. The molecule has 0 aromatic heterocycles. The summed E-state index contributed by atoms with van der Waals surface area (Å²) in [4.78, 5) is 28.9. The number of amides is 2. The van der Waals surface area contributed by atoms with Crippen LogP contribution in [0, 0.1) is 11.6 Å². The van der Waals surface area contributed by atoms with E-state index in [0.29, 0.717) is 38.3 Å². The van der Waals surface area contributed by atoms with Crippen molar-refractivity contribution in [2.75, 3.05) is 26.2 Å². The average molecular weight is 402 g/mol. The van der Waals surface area contributed by atoms with Crippen LogP contribution in [0.2, 0.25) is 0 Å². The summed E-state index contributed by atoms with van der Waals surface area (Å²) in [6, 6.07) is 11.4. The number of benzene rings is 2. The topological polar surface area (TPSA) is 49.9 Å². The van der Waals surface area contributed by atoms with Gasteiger partial charge < -0.3 is 14.5 Å². The second-order valence-corrected chi connectivity index (χ2v) is 7.48. The van der Waals surface area contributed by atoms with E-state index in [-0.39, 0.29) is 23.2 Å². The van der Waals surface area contributed by atoms with Crippen LogP contribution in [0.15, 0.2) is 48.5 Å². The molecule has 5 nitrogen and oxygen atoms in total. The first-order valence-corrected chi connectivity index (χ1v) is 9.56. The number of hydrogen-bond donors (Lipinski definition) is 0. The lowest BCUT2D eigenvalue weighted by Crippen LogP contribution is -2.50. The van der Waals surface area contributed by atoms with Gasteiger partial charge in [-0.15, -0.1) is 0 Å². The Kier molecular flexibility index (Phi) is 6.15. The molecule has 0 bridgehead atoms. The molecular formula is C22H24F2N2O3. The minimum atomic E-state index is -1.15. The molecule has 1 heterocycles. The van der Waals surface area contributed by atoms with Crippen molar-refractivity contribution in [2.45, 2.75) is 25.9 Å². The fraction of sp³-hybridized carbons (Fsp3) is 0.364. The van der Waals surface area contributed by atoms with Crippen LogP contribution in [-0.4, -0.2) is 53.4 Å². The molecule has 1 aliphatic heterocycles. The molecule has 0 saturated carbocycles. The lowest BCUT2D eigenvalue weighted by molar-refractivity contribution is -0.145. The van der Waals surface area contributed by atoms with Gasteiger partial charge in [0.15, 0.2) is 5.60 Å². The van der Waals surface area contributed by atoms with Crippen LogP contribution in [0.3, 0.4) is 0 Å². The maximum absolute atomic E-state index is 13.9. The van der Waals surface area contributed by atoms with Gasteiger partial charge in [-0.05, 0) is 56.7 Å². The Morgan fingerprint density at radius 2 is 1.52 bits per heavy atom. The Bertz CT molecular complexity index is 884. The second kappa shape index (κ2) is 8.59. The largest absolute Gasteiger partial charge is 0.478 e. The number of halogens is 2. The predicted molar refractivity (Wildman–Crippen MR) is 105 cm³/mol. The van der Waals surface area contributed by atoms with Crippen LogP contribution < -0.4 is 4.74 Å².